The van der Waals surface area contributed by atoms with Gasteiger partial charge in [0.2, 0.25) is 0 Å². The second-order valence-corrected chi connectivity index (χ2v) is 8.13. The molecule has 9 heteroatoms. The lowest BCUT2D eigenvalue weighted by molar-refractivity contribution is 0.205. The summed E-state index contributed by atoms with van der Waals surface area (Å²) in [7, 11) is 8.62. The zero-order chi connectivity index (χ0) is 24.7. The summed E-state index contributed by atoms with van der Waals surface area (Å²) in [5, 5.41) is 3.69. The highest BCUT2D eigenvalue weighted by atomic mass is 16.5. The van der Waals surface area contributed by atoms with Gasteiger partial charge in [0.05, 0.1) is 39.1 Å². The molecule has 0 aliphatic carbocycles. The zero-order valence-electron chi connectivity index (χ0n) is 20.3. The molecule has 0 aliphatic heterocycles. The van der Waals surface area contributed by atoms with E-state index in [1.807, 2.05) is 26.2 Å². The second-order valence-electron chi connectivity index (χ2n) is 8.13. The van der Waals surface area contributed by atoms with E-state index in [2.05, 4.69) is 15.2 Å². The molecule has 2 amide bonds. The molecule has 2 aromatic carbocycles. The van der Waals surface area contributed by atoms with Gasteiger partial charge in [-0.2, -0.15) is 0 Å². The maximum absolute atomic E-state index is 13.2. The first-order valence-electron chi connectivity index (χ1n) is 11.0. The highest BCUT2D eigenvalue weighted by molar-refractivity contribution is 5.91. The van der Waals surface area contributed by atoms with Gasteiger partial charge >= 0.3 is 6.03 Å². The zero-order valence-corrected chi connectivity index (χ0v) is 20.3. The monoisotopic (exact) mass is 468 g/mol. The number of ether oxygens (including phenoxy) is 3. The van der Waals surface area contributed by atoms with E-state index in [4.69, 9.17) is 14.2 Å². The van der Waals surface area contributed by atoms with E-state index in [0.29, 0.717) is 40.6 Å². The molecule has 1 heterocycles. The molecule has 0 atom stereocenters. The topological polar surface area (TPSA) is 96.1 Å². The maximum Gasteiger partial charge on any atom is 0.322 e. The van der Waals surface area contributed by atoms with Crippen LogP contribution in [-0.4, -0.2) is 69.3 Å². The number of fused-ring (bicyclic) bond motifs is 1. The quantitative estimate of drug-likeness (QED) is 0.473. The van der Waals surface area contributed by atoms with Gasteiger partial charge in [-0.1, -0.05) is 12.1 Å². The van der Waals surface area contributed by atoms with Gasteiger partial charge in [0.25, 0.3) is 5.56 Å². The molecule has 0 aliphatic rings. The van der Waals surface area contributed by atoms with Crippen LogP contribution in [0.15, 0.2) is 47.3 Å². The minimum absolute atomic E-state index is 0.147. The fraction of sp³-hybridized carbons (Fsp3) is 0.360. The minimum Gasteiger partial charge on any atom is -0.495 e. The van der Waals surface area contributed by atoms with E-state index in [9.17, 15) is 9.59 Å². The fourth-order valence-electron chi connectivity index (χ4n) is 3.67. The first-order valence-corrected chi connectivity index (χ1v) is 11.0. The predicted molar refractivity (Wildman–Crippen MR) is 133 cm³/mol. The van der Waals surface area contributed by atoms with Crippen LogP contribution in [0.2, 0.25) is 0 Å². The van der Waals surface area contributed by atoms with Gasteiger partial charge in [-0.25, -0.2) is 4.79 Å². The van der Waals surface area contributed by atoms with Crippen molar-refractivity contribution in [1.82, 2.24) is 14.8 Å². The van der Waals surface area contributed by atoms with E-state index in [-0.39, 0.29) is 18.1 Å². The van der Waals surface area contributed by atoms with E-state index in [0.717, 1.165) is 18.4 Å². The van der Waals surface area contributed by atoms with Gasteiger partial charge in [0.1, 0.15) is 5.75 Å². The molecule has 182 valence electrons. The first-order chi connectivity index (χ1) is 16.4. The van der Waals surface area contributed by atoms with Crippen LogP contribution in [0.3, 0.4) is 0 Å². The Labute approximate surface area is 199 Å². The van der Waals surface area contributed by atoms with E-state index in [1.54, 1.807) is 56.6 Å². The van der Waals surface area contributed by atoms with Crippen LogP contribution in [0, 0.1) is 0 Å². The van der Waals surface area contributed by atoms with Crippen molar-refractivity contribution < 1.29 is 19.0 Å². The smallest absolute Gasteiger partial charge is 0.322 e. The molecule has 3 rings (SSSR count). The van der Waals surface area contributed by atoms with Crippen LogP contribution in [0.25, 0.3) is 10.9 Å². The van der Waals surface area contributed by atoms with Gasteiger partial charge in [0.15, 0.2) is 11.5 Å². The second kappa shape index (κ2) is 11.4. The largest absolute Gasteiger partial charge is 0.495 e. The summed E-state index contributed by atoms with van der Waals surface area (Å²) in [6, 6.07) is 12.2. The number of rotatable bonds is 10. The summed E-state index contributed by atoms with van der Waals surface area (Å²) in [5.74, 6) is 1.65. The van der Waals surface area contributed by atoms with Gasteiger partial charge in [-0.15, -0.1) is 0 Å². The molecule has 0 radical (unpaired) electrons. The van der Waals surface area contributed by atoms with Crippen LogP contribution in [0.4, 0.5) is 10.5 Å². The number of para-hydroxylation sites is 2. The van der Waals surface area contributed by atoms with Crippen molar-refractivity contribution in [2.45, 2.75) is 13.0 Å². The van der Waals surface area contributed by atoms with Crippen molar-refractivity contribution in [1.29, 1.82) is 0 Å². The molecule has 1 aromatic heterocycles. The Balaban J connectivity index is 1.90. The number of nitrogens with one attached hydrogen (secondary N) is 2. The molecule has 34 heavy (non-hydrogen) atoms. The molecule has 0 spiro atoms. The highest BCUT2D eigenvalue weighted by Gasteiger charge is 2.18. The number of pyridine rings is 1. The summed E-state index contributed by atoms with van der Waals surface area (Å²) in [5.41, 5.74) is 1.41. The van der Waals surface area contributed by atoms with Crippen molar-refractivity contribution in [2.75, 3.05) is 53.8 Å². The lowest BCUT2D eigenvalue weighted by Crippen LogP contribution is -2.37. The average Bonchev–Trinajstić information content (AvgIpc) is 2.83. The van der Waals surface area contributed by atoms with Crippen LogP contribution >= 0.6 is 0 Å². The van der Waals surface area contributed by atoms with E-state index < -0.39 is 0 Å². The number of nitrogens with zero attached hydrogens (tertiary/aromatic N) is 2. The molecule has 0 unspecified atom stereocenters. The Morgan fingerprint density at radius 3 is 2.29 bits per heavy atom. The molecule has 0 fully saturated rings. The Morgan fingerprint density at radius 2 is 1.62 bits per heavy atom. The number of hydrogen-bond donors (Lipinski definition) is 2. The Hall–Kier alpha value is -3.72. The molecule has 2 N–H and O–H groups in total. The van der Waals surface area contributed by atoms with Gasteiger partial charge in [-0.05, 0) is 51.3 Å². The lowest BCUT2D eigenvalue weighted by atomic mass is 10.1. The third-order valence-corrected chi connectivity index (χ3v) is 5.46. The first kappa shape index (κ1) is 24.9. The lowest BCUT2D eigenvalue weighted by Gasteiger charge is -2.24. The van der Waals surface area contributed by atoms with Gasteiger partial charge in [0, 0.05) is 23.6 Å². The van der Waals surface area contributed by atoms with Gasteiger partial charge in [-0.3, -0.25) is 4.79 Å². The summed E-state index contributed by atoms with van der Waals surface area (Å²) in [6.07, 6.45) is 0.753. The number of carbonyl (C=O) groups excluding carboxylic acids is 1. The van der Waals surface area contributed by atoms with Crippen LogP contribution in [-0.2, 0) is 6.54 Å². The number of carbonyl (C=O) groups is 1. The van der Waals surface area contributed by atoms with Crippen LogP contribution in [0.5, 0.6) is 17.2 Å². The molecular formula is C25H32N4O5. The molecule has 0 saturated heterocycles. The highest BCUT2D eigenvalue weighted by Crippen LogP contribution is 2.31. The summed E-state index contributed by atoms with van der Waals surface area (Å²) in [6.45, 7) is 1.43. The third-order valence-electron chi connectivity index (χ3n) is 5.46. The molecular weight excluding hydrogens is 436 g/mol. The number of urea groups is 1. The van der Waals surface area contributed by atoms with Crippen molar-refractivity contribution in [3.8, 4) is 17.2 Å². The third kappa shape index (κ3) is 5.99. The number of benzene rings is 2. The number of hydrogen-bond acceptors (Lipinski definition) is 6. The normalized spacial score (nSPS) is 10.9. The standard InChI is InChI=1S/C25H32N4O5/c1-28(2)11-8-12-29(25(31)27-19-9-6-7-10-21(19)32-3)16-18-13-17-14-22(33-4)23(34-5)15-20(17)26-24(18)30/h6-7,9-10,13-15H,8,11-12,16H2,1-5H3,(H,26,30)(H,27,31). The number of amides is 2. The van der Waals surface area contributed by atoms with Crippen molar-refractivity contribution in [3.63, 3.8) is 0 Å². The minimum atomic E-state index is -0.310. The summed E-state index contributed by atoms with van der Waals surface area (Å²) in [4.78, 5) is 32.7. The van der Waals surface area contributed by atoms with E-state index in [1.165, 1.54) is 0 Å². The number of H-pyrrole nitrogens is 1. The Kier molecular flexibility index (Phi) is 8.37. The van der Waals surface area contributed by atoms with Crippen molar-refractivity contribution >= 4 is 22.6 Å². The van der Waals surface area contributed by atoms with Crippen LogP contribution < -0.4 is 25.1 Å². The molecule has 0 bridgehead atoms. The summed E-state index contributed by atoms with van der Waals surface area (Å²) < 4.78 is 16.1. The maximum atomic E-state index is 13.2. The van der Waals surface area contributed by atoms with Crippen LogP contribution in [0.1, 0.15) is 12.0 Å². The molecule has 3 aromatic rings. The van der Waals surface area contributed by atoms with E-state index >= 15 is 0 Å². The van der Waals surface area contributed by atoms with Crippen molar-refractivity contribution in [3.05, 3.63) is 58.4 Å². The average molecular weight is 469 g/mol. The number of aromatic nitrogens is 1. The number of methoxy groups -OCH3 is 3. The SMILES string of the molecule is COc1ccccc1NC(=O)N(CCCN(C)C)Cc1cc2cc(OC)c(OC)cc2[nH]c1=O. The number of anilines is 1. The number of aromatic amines is 1. The molecule has 9 nitrogen and oxygen atoms in total. The van der Waals surface area contributed by atoms with Gasteiger partial charge < -0.3 is 34.3 Å². The van der Waals surface area contributed by atoms with Crippen molar-refractivity contribution in [2.24, 2.45) is 0 Å². The fourth-order valence-corrected chi connectivity index (χ4v) is 3.67. The Bertz CT molecular complexity index is 1190. The summed E-state index contributed by atoms with van der Waals surface area (Å²) >= 11 is 0. The Morgan fingerprint density at radius 1 is 0.941 bits per heavy atom. The predicted octanol–water partition coefficient (Wildman–Crippen LogP) is 3.54. The molecule has 0 saturated carbocycles.